The van der Waals surface area contributed by atoms with Crippen molar-refractivity contribution in [3.63, 3.8) is 0 Å². The molecule has 96 valence electrons. The van der Waals surface area contributed by atoms with Crippen LogP contribution in [-0.2, 0) is 41.6 Å². The second-order valence-electron chi connectivity index (χ2n) is 5.17. The molecule has 2 aliphatic carbocycles. The largest absolute Gasteiger partial charge is 0.469 e. The number of fused-ring (bicyclic) bond motifs is 2. The molecule has 0 spiro atoms. The Morgan fingerprint density at radius 3 is 2.06 bits per heavy atom. The normalized spacial score (nSPS) is 16.6. The Morgan fingerprint density at radius 1 is 1.06 bits per heavy atom. The molecule has 0 aliphatic heterocycles. The van der Waals surface area contributed by atoms with E-state index in [1.54, 1.807) is 0 Å². The molecule has 18 heavy (non-hydrogen) atoms. The Kier molecular flexibility index (Phi) is 2.84. The van der Waals surface area contributed by atoms with Crippen LogP contribution in [-0.4, -0.2) is 13.1 Å². The molecule has 0 heterocycles. The van der Waals surface area contributed by atoms with Gasteiger partial charge in [0.2, 0.25) is 0 Å². The lowest BCUT2D eigenvalue weighted by Crippen LogP contribution is -2.11. The van der Waals surface area contributed by atoms with Gasteiger partial charge in [-0.05, 0) is 66.3 Å². The van der Waals surface area contributed by atoms with E-state index in [-0.39, 0.29) is 11.8 Å². The van der Waals surface area contributed by atoms with Gasteiger partial charge in [0.05, 0.1) is 13.5 Å². The van der Waals surface area contributed by atoms with Gasteiger partial charge in [-0.2, -0.15) is 0 Å². The molecule has 1 aromatic carbocycles. The van der Waals surface area contributed by atoms with E-state index in [1.165, 1.54) is 7.11 Å². The lowest BCUT2D eigenvalue weighted by molar-refractivity contribution is -0.139. The van der Waals surface area contributed by atoms with Crippen molar-refractivity contribution in [3.8, 4) is 0 Å². The zero-order chi connectivity index (χ0) is 12.7. The van der Waals surface area contributed by atoms with Crippen molar-refractivity contribution < 1.29 is 13.9 Å². The second-order valence-corrected chi connectivity index (χ2v) is 5.17. The van der Waals surface area contributed by atoms with Crippen molar-refractivity contribution in [2.45, 2.75) is 44.9 Å². The maximum Gasteiger partial charge on any atom is 0.309 e. The van der Waals surface area contributed by atoms with E-state index in [0.29, 0.717) is 6.42 Å². The first-order valence-electron chi connectivity index (χ1n) is 6.63. The van der Waals surface area contributed by atoms with Crippen molar-refractivity contribution in [1.29, 1.82) is 0 Å². The first-order valence-corrected chi connectivity index (χ1v) is 6.63. The van der Waals surface area contributed by atoms with Crippen LogP contribution < -0.4 is 0 Å². The molecule has 0 aromatic heterocycles. The number of hydrogen-bond acceptors (Lipinski definition) is 2. The summed E-state index contributed by atoms with van der Waals surface area (Å²) in [5.74, 6) is -0.201. The van der Waals surface area contributed by atoms with Crippen LogP contribution in [0.4, 0.5) is 4.39 Å². The lowest BCUT2D eigenvalue weighted by Gasteiger charge is -2.15. The summed E-state index contributed by atoms with van der Waals surface area (Å²) < 4.78 is 19.1. The van der Waals surface area contributed by atoms with Crippen molar-refractivity contribution in [2.24, 2.45) is 0 Å². The minimum absolute atomic E-state index is 0.0172. The third-order valence-corrected chi connectivity index (χ3v) is 4.24. The Hall–Kier alpha value is -1.38. The highest BCUT2D eigenvalue weighted by molar-refractivity contribution is 5.74. The fourth-order valence-corrected chi connectivity index (χ4v) is 3.43. The predicted molar refractivity (Wildman–Crippen MR) is 66.2 cm³/mol. The third kappa shape index (κ3) is 1.64. The molecule has 0 saturated heterocycles. The second kappa shape index (κ2) is 4.38. The SMILES string of the molecule is COC(=O)Cc1c2c(c(F)c3c1CCC3)CCC2. The van der Waals surface area contributed by atoms with Gasteiger partial charge in [-0.25, -0.2) is 4.39 Å². The highest BCUT2D eigenvalue weighted by Crippen LogP contribution is 2.38. The van der Waals surface area contributed by atoms with Gasteiger partial charge in [-0.3, -0.25) is 4.79 Å². The quantitative estimate of drug-likeness (QED) is 0.752. The predicted octanol–water partition coefficient (Wildman–Crippen LogP) is 2.52. The van der Waals surface area contributed by atoms with Crippen LogP contribution in [0.1, 0.15) is 40.7 Å². The maximum absolute atomic E-state index is 14.4. The number of carbonyl (C=O) groups is 1. The molecule has 0 N–H and O–H groups in total. The monoisotopic (exact) mass is 248 g/mol. The Labute approximate surface area is 106 Å². The maximum atomic E-state index is 14.4. The summed E-state index contributed by atoms with van der Waals surface area (Å²) in [4.78, 5) is 11.5. The van der Waals surface area contributed by atoms with E-state index in [0.717, 1.165) is 66.3 Å². The molecule has 0 atom stereocenters. The minimum Gasteiger partial charge on any atom is -0.469 e. The average molecular weight is 248 g/mol. The molecule has 2 aliphatic rings. The van der Waals surface area contributed by atoms with Gasteiger partial charge in [0.25, 0.3) is 0 Å². The van der Waals surface area contributed by atoms with Crippen LogP contribution in [0, 0.1) is 5.82 Å². The summed E-state index contributed by atoms with van der Waals surface area (Å²) in [6, 6.07) is 0. The van der Waals surface area contributed by atoms with Crippen LogP contribution in [0.15, 0.2) is 0 Å². The Balaban J connectivity index is 2.15. The number of ether oxygens (including phenoxy) is 1. The van der Waals surface area contributed by atoms with Crippen molar-refractivity contribution in [3.05, 3.63) is 33.6 Å². The van der Waals surface area contributed by atoms with Gasteiger partial charge in [-0.15, -0.1) is 0 Å². The summed E-state index contributed by atoms with van der Waals surface area (Å²) >= 11 is 0. The summed E-state index contributed by atoms with van der Waals surface area (Å²) in [6.45, 7) is 0. The number of methoxy groups -OCH3 is 1. The Bertz CT molecular complexity index is 485. The first kappa shape index (κ1) is 11.7. The molecule has 0 radical (unpaired) electrons. The van der Waals surface area contributed by atoms with Crippen LogP contribution in [0.3, 0.4) is 0 Å². The molecule has 1 aromatic rings. The molecular weight excluding hydrogens is 231 g/mol. The highest BCUT2D eigenvalue weighted by Gasteiger charge is 2.29. The number of hydrogen-bond donors (Lipinski definition) is 0. The smallest absolute Gasteiger partial charge is 0.309 e. The molecule has 3 heteroatoms. The number of halogens is 1. The van der Waals surface area contributed by atoms with Gasteiger partial charge in [0, 0.05) is 0 Å². The fraction of sp³-hybridized carbons (Fsp3) is 0.533. The molecule has 0 unspecified atom stereocenters. The van der Waals surface area contributed by atoms with Crippen molar-refractivity contribution >= 4 is 5.97 Å². The van der Waals surface area contributed by atoms with Crippen LogP contribution in [0.25, 0.3) is 0 Å². The average Bonchev–Trinajstić information content (AvgIpc) is 3.02. The number of benzene rings is 1. The van der Waals surface area contributed by atoms with Gasteiger partial charge in [0.1, 0.15) is 5.82 Å². The van der Waals surface area contributed by atoms with Gasteiger partial charge in [0.15, 0.2) is 0 Å². The standard InChI is InChI=1S/C15H17FO2/c1-18-14(17)8-13-9-4-2-6-11(9)15(16)12-7-3-5-10(12)13/h2-8H2,1H3. The van der Waals surface area contributed by atoms with E-state index in [2.05, 4.69) is 0 Å². The number of esters is 1. The zero-order valence-electron chi connectivity index (χ0n) is 10.6. The summed E-state index contributed by atoms with van der Waals surface area (Å²) in [6.07, 6.45) is 5.77. The topological polar surface area (TPSA) is 26.3 Å². The highest BCUT2D eigenvalue weighted by atomic mass is 19.1. The van der Waals surface area contributed by atoms with E-state index in [4.69, 9.17) is 4.74 Å². The summed E-state index contributed by atoms with van der Waals surface area (Å²) in [7, 11) is 1.41. The van der Waals surface area contributed by atoms with Crippen LogP contribution in [0.5, 0.6) is 0 Å². The van der Waals surface area contributed by atoms with Crippen LogP contribution in [0.2, 0.25) is 0 Å². The molecule has 3 rings (SSSR count). The van der Waals surface area contributed by atoms with Crippen LogP contribution >= 0.6 is 0 Å². The van der Waals surface area contributed by atoms with E-state index < -0.39 is 0 Å². The number of carbonyl (C=O) groups excluding carboxylic acids is 1. The molecule has 0 amide bonds. The molecular formula is C15H17FO2. The molecule has 0 saturated carbocycles. The molecule has 2 nitrogen and oxygen atoms in total. The number of rotatable bonds is 2. The fourth-order valence-electron chi connectivity index (χ4n) is 3.43. The zero-order valence-corrected chi connectivity index (χ0v) is 10.6. The summed E-state index contributed by atoms with van der Waals surface area (Å²) in [5.41, 5.74) is 5.00. The first-order chi connectivity index (χ1) is 8.72. The van der Waals surface area contributed by atoms with Crippen molar-refractivity contribution in [2.75, 3.05) is 7.11 Å². The Morgan fingerprint density at radius 2 is 1.56 bits per heavy atom. The van der Waals surface area contributed by atoms with E-state index >= 15 is 0 Å². The minimum atomic E-state index is -0.218. The van der Waals surface area contributed by atoms with Gasteiger partial charge >= 0.3 is 5.97 Å². The van der Waals surface area contributed by atoms with E-state index in [1.807, 2.05) is 0 Å². The van der Waals surface area contributed by atoms with Gasteiger partial charge < -0.3 is 4.74 Å². The lowest BCUT2D eigenvalue weighted by atomic mass is 9.91. The summed E-state index contributed by atoms with van der Waals surface area (Å²) in [5, 5.41) is 0. The molecule has 0 fully saturated rings. The van der Waals surface area contributed by atoms with E-state index in [9.17, 15) is 9.18 Å². The van der Waals surface area contributed by atoms with Crippen molar-refractivity contribution in [1.82, 2.24) is 0 Å². The van der Waals surface area contributed by atoms with Gasteiger partial charge in [-0.1, -0.05) is 0 Å². The third-order valence-electron chi connectivity index (χ3n) is 4.24. The molecule has 0 bridgehead atoms.